The lowest BCUT2D eigenvalue weighted by molar-refractivity contribution is -0.116. The summed E-state index contributed by atoms with van der Waals surface area (Å²) in [6, 6.07) is 12.3. The van der Waals surface area contributed by atoms with Gasteiger partial charge in [-0.2, -0.15) is 0 Å². The minimum absolute atomic E-state index is 0.184. The first-order valence-electron chi connectivity index (χ1n) is 6.78. The lowest BCUT2D eigenvalue weighted by Crippen LogP contribution is -2.15. The molecule has 1 N–H and O–H groups in total. The van der Waals surface area contributed by atoms with Gasteiger partial charge in [0.15, 0.2) is 0 Å². The quantitative estimate of drug-likeness (QED) is 0.764. The van der Waals surface area contributed by atoms with E-state index in [9.17, 15) is 9.18 Å². The first kappa shape index (κ1) is 14.7. The number of hydrogen-bond donors (Lipinski definition) is 1. The van der Waals surface area contributed by atoms with Crippen LogP contribution in [-0.4, -0.2) is 15.5 Å². The highest BCUT2D eigenvalue weighted by Crippen LogP contribution is 2.19. The van der Waals surface area contributed by atoms with E-state index < -0.39 is 5.82 Å². The minimum Gasteiger partial charge on any atom is -0.330 e. The molecule has 0 radical (unpaired) electrons. The lowest BCUT2D eigenvalue weighted by Gasteiger charge is -2.07. The highest BCUT2D eigenvalue weighted by Gasteiger charge is 2.09. The molecule has 0 unspecified atom stereocenters. The van der Waals surface area contributed by atoms with E-state index >= 15 is 0 Å². The number of imidazole rings is 1. The predicted molar refractivity (Wildman–Crippen MR) is 87.1 cm³/mol. The number of rotatable bonds is 4. The van der Waals surface area contributed by atoms with Gasteiger partial charge in [0.2, 0.25) is 5.91 Å². The fourth-order valence-electron chi connectivity index (χ4n) is 2.21. The van der Waals surface area contributed by atoms with E-state index in [1.165, 1.54) is 12.1 Å². The van der Waals surface area contributed by atoms with E-state index in [4.69, 9.17) is 0 Å². The Balaban J connectivity index is 1.65. The van der Waals surface area contributed by atoms with Gasteiger partial charge in [0.25, 0.3) is 0 Å². The number of para-hydroxylation sites is 2. The SMILES string of the molecule is O=C(CCn1cnc2ccccc21)Nc1ccc(Br)cc1F. The molecule has 0 aliphatic carbocycles. The number of halogens is 2. The number of aryl methyl sites for hydroxylation is 1. The van der Waals surface area contributed by atoms with E-state index in [0.717, 1.165) is 11.0 Å². The molecule has 0 spiro atoms. The molecule has 0 atom stereocenters. The van der Waals surface area contributed by atoms with Crippen molar-refractivity contribution in [2.24, 2.45) is 0 Å². The van der Waals surface area contributed by atoms with Crippen LogP contribution in [0.4, 0.5) is 10.1 Å². The molecule has 0 saturated carbocycles. The Bertz CT molecular complexity index is 831. The molecular formula is C16H13BrFN3O. The average Bonchev–Trinajstić information content (AvgIpc) is 2.91. The van der Waals surface area contributed by atoms with Gasteiger partial charge in [0, 0.05) is 17.4 Å². The van der Waals surface area contributed by atoms with Gasteiger partial charge in [-0.1, -0.05) is 28.1 Å². The van der Waals surface area contributed by atoms with Crippen molar-refractivity contribution in [2.45, 2.75) is 13.0 Å². The number of aromatic nitrogens is 2. The molecule has 0 aliphatic heterocycles. The van der Waals surface area contributed by atoms with Gasteiger partial charge in [0.1, 0.15) is 5.82 Å². The van der Waals surface area contributed by atoms with Crippen LogP contribution in [0.3, 0.4) is 0 Å². The Hall–Kier alpha value is -2.21. The second-order valence-electron chi connectivity index (χ2n) is 4.85. The van der Waals surface area contributed by atoms with Crippen molar-refractivity contribution in [3.63, 3.8) is 0 Å². The van der Waals surface area contributed by atoms with E-state index in [2.05, 4.69) is 26.2 Å². The predicted octanol–water partition coefficient (Wildman–Crippen LogP) is 3.97. The number of carbonyl (C=O) groups excluding carboxylic acids is 1. The van der Waals surface area contributed by atoms with E-state index in [1.54, 1.807) is 12.4 Å². The van der Waals surface area contributed by atoms with Crippen LogP contribution in [0, 0.1) is 5.82 Å². The zero-order valence-electron chi connectivity index (χ0n) is 11.6. The molecule has 2 aromatic carbocycles. The number of hydrogen-bond acceptors (Lipinski definition) is 2. The Labute approximate surface area is 135 Å². The van der Waals surface area contributed by atoms with Crippen LogP contribution in [0.1, 0.15) is 6.42 Å². The molecule has 0 aliphatic rings. The van der Waals surface area contributed by atoms with Crippen LogP contribution in [0.15, 0.2) is 53.3 Å². The fourth-order valence-corrected chi connectivity index (χ4v) is 2.55. The maximum Gasteiger partial charge on any atom is 0.226 e. The van der Waals surface area contributed by atoms with Gasteiger partial charge >= 0.3 is 0 Å². The molecule has 3 rings (SSSR count). The van der Waals surface area contributed by atoms with Gasteiger partial charge in [0.05, 0.1) is 23.0 Å². The molecule has 3 aromatic rings. The Morgan fingerprint density at radius 1 is 1.27 bits per heavy atom. The monoisotopic (exact) mass is 361 g/mol. The van der Waals surface area contributed by atoms with Crippen LogP contribution < -0.4 is 5.32 Å². The maximum absolute atomic E-state index is 13.7. The number of carbonyl (C=O) groups is 1. The van der Waals surface area contributed by atoms with Crippen LogP contribution in [-0.2, 0) is 11.3 Å². The molecule has 1 aromatic heterocycles. The largest absolute Gasteiger partial charge is 0.330 e. The summed E-state index contributed by atoms with van der Waals surface area (Å²) in [5, 5.41) is 2.58. The highest BCUT2D eigenvalue weighted by atomic mass is 79.9. The standard InChI is InChI=1S/C16H13BrFN3O/c17-11-5-6-13(12(18)9-11)20-16(22)7-8-21-10-19-14-3-1-2-4-15(14)21/h1-6,9-10H,7-8H2,(H,20,22). The third-order valence-corrected chi connectivity index (χ3v) is 3.81. The van der Waals surface area contributed by atoms with Crippen molar-refractivity contribution >= 4 is 38.6 Å². The van der Waals surface area contributed by atoms with Gasteiger partial charge in [-0.15, -0.1) is 0 Å². The first-order valence-corrected chi connectivity index (χ1v) is 7.57. The summed E-state index contributed by atoms with van der Waals surface area (Å²) in [6.07, 6.45) is 1.95. The van der Waals surface area contributed by atoms with Crippen LogP contribution >= 0.6 is 15.9 Å². The highest BCUT2D eigenvalue weighted by molar-refractivity contribution is 9.10. The van der Waals surface area contributed by atoms with Crippen molar-refractivity contribution < 1.29 is 9.18 Å². The van der Waals surface area contributed by atoms with Crippen molar-refractivity contribution in [3.05, 3.63) is 59.1 Å². The summed E-state index contributed by atoms with van der Waals surface area (Å²) >= 11 is 3.18. The number of amides is 1. The maximum atomic E-state index is 13.7. The molecule has 0 bridgehead atoms. The summed E-state index contributed by atoms with van der Waals surface area (Å²) < 4.78 is 16.2. The second kappa shape index (κ2) is 6.27. The lowest BCUT2D eigenvalue weighted by atomic mass is 10.3. The van der Waals surface area contributed by atoms with Crippen LogP contribution in [0.25, 0.3) is 11.0 Å². The summed E-state index contributed by atoms with van der Waals surface area (Å²) in [5.41, 5.74) is 2.05. The van der Waals surface area contributed by atoms with Gasteiger partial charge in [-0.3, -0.25) is 4.79 Å². The molecule has 0 fully saturated rings. The van der Waals surface area contributed by atoms with Gasteiger partial charge in [-0.25, -0.2) is 9.37 Å². The number of nitrogens with one attached hydrogen (secondary N) is 1. The van der Waals surface area contributed by atoms with Crippen LogP contribution in [0.5, 0.6) is 0 Å². The van der Waals surface area contributed by atoms with E-state index in [1.807, 2.05) is 28.8 Å². The molecule has 0 saturated heterocycles. The first-order chi connectivity index (χ1) is 10.6. The van der Waals surface area contributed by atoms with Gasteiger partial charge < -0.3 is 9.88 Å². The molecule has 22 heavy (non-hydrogen) atoms. The zero-order chi connectivity index (χ0) is 15.5. The molecule has 6 heteroatoms. The topological polar surface area (TPSA) is 46.9 Å². The summed E-state index contributed by atoms with van der Waals surface area (Å²) in [7, 11) is 0. The molecular weight excluding hydrogens is 349 g/mol. The molecule has 1 amide bonds. The number of anilines is 1. The fraction of sp³-hybridized carbons (Fsp3) is 0.125. The van der Waals surface area contributed by atoms with E-state index in [-0.39, 0.29) is 18.0 Å². The van der Waals surface area contributed by atoms with Gasteiger partial charge in [-0.05, 0) is 30.3 Å². The zero-order valence-corrected chi connectivity index (χ0v) is 13.2. The normalized spacial score (nSPS) is 10.8. The Kier molecular flexibility index (Phi) is 4.20. The third-order valence-electron chi connectivity index (χ3n) is 3.31. The summed E-state index contributed by atoms with van der Waals surface area (Å²) in [5.74, 6) is -0.699. The van der Waals surface area contributed by atoms with Crippen molar-refractivity contribution in [1.29, 1.82) is 0 Å². The molecule has 112 valence electrons. The average molecular weight is 362 g/mol. The Morgan fingerprint density at radius 3 is 2.91 bits per heavy atom. The number of fused-ring (bicyclic) bond motifs is 1. The number of nitrogens with zero attached hydrogens (tertiary/aromatic N) is 2. The summed E-state index contributed by atoms with van der Waals surface area (Å²) in [4.78, 5) is 16.2. The van der Waals surface area contributed by atoms with Crippen molar-refractivity contribution in [1.82, 2.24) is 9.55 Å². The summed E-state index contributed by atoms with van der Waals surface area (Å²) in [6.45, 7) is 0.491. The smallest absolute Gasteiger partial charge is 0.226 e. The third kappa shape index (κ3) is 3.17. The van der Waals surface area contributed by atoms with E-state index in [0.29, 0.717) is 11.0 Å². The molecule has 4 nitrogen and oxygen atoms in total. The minimum atomic E-state index is -0.462. The second-order valence-corrected chi connectivity index (χ2v) is 5.76. The molecule has 1 heterocycles. The van der Waals surface area contributed by atoms with Crippen LogP contribution in [0.2, 0.25) is 0 Å². The van der Waals surface area contributed by atoms with Crippen molar-refractivity contribution in [3.8, 4) is 0 Å². The number of benzene rings is 2. The van der Waals surface area contributed by atoms with Crippen molar-refractivity contribution in [2.75, 3.05) is 5.32 Å². The Morgan fingerprint density at radius 2 is 2.09 bits per heavy atom.